The first kappa shape index (κ1) is 8.73. The third-order valence-corrected chi connectivity index (χ3v) is 2.30. The predicted molar refractivity (Wildman–Crippen MR) is 52.3 cm³/mol. The molecular formula is C11H15NO. The van der Waals surface area contributed by atoms with Crippen molar-refractivity contribution in [3.05, 3.63) is 35.4 Å². The Morgan fingerprint density at radius 1 is 1.46 bits per heavy atom. The molecule has 1 N–H and O–H groups in total. The Balaban J connectivity index is 2.09. The Hall–Kier alpha value is -0.860. The van der Waals surface area contributed by atoms with Crippen LogP contribution in [-0.4, -0.2) is 6.61 Å². The molecule has 1 heterocycles. The number of nitrogens with one attached hydrogen (secondary N) is 1. The van der Waals surface area contributed by atoms with E-state index in [1.54, 1.807) is 0 Å². The van der Waals surface area contributed by atoms with Crippen LogP contribution in [0.5, 0.6) is 0 Å². The molecule has 1 atom stereocenters. The van der Waals surface area contributed by atoms with Crippen molar-refractivity contribution in [3.63, 3.8) is 0 Å². The lowest BCUT2D eigenvalue weighted by atomic mass is 10.1. The van der Waals surface area contributed by atoms with Crippen LogP contribution in [0.3, 0.4) is 0 Å². The Morgan fingerprint density at radius 3 is 3.15 bits per heavy atom. The van der Waals surface area contributed by atoms with E-state index in [0.29, 0.717) is 0 Å². The predicted octanol–water partition coefficient (Wildman–Crippen LogP) is 2.21. The molecule has 0 saturated heterocycles. The van der Waals surface area contributed by atoms with Crippen molar-refractivity contribution in [2.24, 2.45) is 0 Å². The molecule has 0 fully saturated rings. The summed E-state index contributed by atoms with van der Waals surface area (Å²) < 4.78 is 5.67. The zero-order chi connectivity index (χ0) is 9.10. The zero-order valence-corrected chi connectivity index (χ0v) is 7.92. The normalized spacial score (nSPS) is 20.2. The smallest absolute Gasteiger partial charge is 0.134 e. The average Bonchev–Trinajstić information content (AvgIpc) is 2.58. The zero-order valence-electron chi connectivity index (χ0n) is 7.92. The lowest BCUT2D eigenvalue weighted by molar-refractivity contribution is 0.0361. The highest BCUT2D eigenvalue weighted by atomic mass is 16.5. The molecular weight excluding hydrogens is 162 g/mol. The van der Waals surface area contributed by atoms with Gasteiger partial charge < -0.3 is 4.74 Å². The topological polar surface area (TPSA) is 21.3 Å². The number of fused-ring (bicyclic) bond motifs is 1. The summed E-state index contributed by atoms with van der Waals surface area (Å²) in [5.74, 6) is 0. The molecule has 13 heavy (non-hydrogen) atoms. The van der Waals surface area contributed by atoms with Gasteiger partial charge in [0.2, 0.25) is 0 Å². The maximum absolute atomic E-state index is 5.67. The van der Waals surface area contributed by atoms with Crippen LogP contribution in [0.4, 0.5) is 0 Å². The molecule has 2 rings (SSSR count). The molecule has 1 unspecified atom stereocenters. The summed E-state index contributed by atoms with van der Waals surface area (Å²) in [5.41, 5.74) is 2.67. The van der Waals surface area contributed by atoms with Crippen LogP contribution < -0.4 is 5.32 Å². The molecule has 70 valence electrons. The van der Waals surface area contributed by atoms with Gasteiger partial charge in [-0.3, -0.25) is 5.32 Å². The lowest BCUT2D eigenvalue weighted by Crippen LogP contribution is -2.15. The van der Waals surface area contributed by atoms with Crippen molar-refractivity contribution in [3.8, 4) is 0 Å². The molecule has 2 heteroatoms. The summed E-state index contributed by atoms with van der Waals surface area (Å²) in [5, 5.41) is 3.33. The third kappa shape index (κ3) is 1.74. The summed E-state index contributed by atoms with van der Waals surface area (Å²) >= 11 is 0. The molecule has 0 aliphatic carbocycles. The average molecular weight is 177 g/mol. The third-order valence-electron chi connectivity index (χ3n) is 2.30. The van der Waals surface area contributed by atoms with E-state index in [0.717, 1.165) is 19.6 Å². The van der Waals surface area contributed by atoms with Crippen molar-refractivity contribution in [2.45, 2.75) is 26.1 Å². The maximum Gasteiger partial charge on any atom is 0.134 e. The molecule has 0 radical (unpaired) electrons. The summed E-state index contributed by atoms with van der Waals surface area (Å²) in [6.07, 6.45) is 1.19. The molecule has 0 aromatic heterocycles. The Kier molecular flexibility index (Phi) is 2.62. The van der Waals surface area contributed by atoms with Crippen LogP contribution in [0.25, 0.3) is 0 Å². The fourth-order valence-corrected chi connectivity index (χ4v) is 1.65. The van der Waals surface area contributed by atoms with Gasteiger partial charge in [-0.1, -0.05) is 31.2 Å². The second kappa shape index (κ2) is 3.90. The number of ether oxygens (including phenoxy) is 1. The minimum absolute atomic E-state index is 0.121. The number of hydrogen-bond acceptors (Lipinski definition) is 2. The number of benzene rings is 1. The highest BCUT2D eigenvalue weighted by molar-refractivity contribution is 5.32. The van der Waals surface area contributed by atoms with Gasteiger partial charge in [0.1, 0.15) is 6.23 Å². The van der Waals surface area contributed by atoms with Gasteiger partial charge >= 0.3 is 0 Å². The van der Waals surface area contributed by atoms with E-state index >= 15 is 0 Å². The van der Waals surface area contributed by atoms with Crippen LogP contribution in [0.2, 0.25) is 0 Å². The van der Waals surface area contributed by atoms with Crippen LogP contribution in [0.1, 0.15) is 30.7 Å². The van der Waals surface area contributed by atoms with Crippen LogP contribution in [0, 0.1) is 0 Å². The van der Waals surface area contributed by atoms with Crippen molar-refractivity contribution >= 4 is 0 Å². The quantitative estimate of drug-likeness (QED) is 0.764. The molecule has 0 spiro atoms. The molecule has 1 aliphatic rings. The van der Waals surface area contributed by atoms with Crippen LogP contribution >= 0.6 is 0 Å². The second-order valence-corrected chi connectivity index (χ2v) is 3.33. The first-order valence-electron chi connectivity index (χ1n) is 4.84. The van der Waals surface area contributed by atoms with E-state index in [2.05, 4.69) is 36.5 Å². The summed E-state index contributed by atoms with van der Waals surface area (Å²) in [7, 11) is 0. The monoisotopic (exact) mass is 177 g/mol. The standard InChI is InChI=1S/C11H15NO/c1-2-7-13-11-10-6-4-3-5-9(10)8-12-11/h3-6,11-12H,2,7-8H2,1H3. The Labute approximate surface area is 78.9 Å². The van der Waals surface area contributed by atoms with Gasteiger partial charge in [0, 0.05) is 13.2 Å². The SMILES string of the molecule is CCCOC1NCc2ccccc21. The fraction of sp³-hybridized carbons (Fsp3) is 0.455. The van der Waals surface area contributed by atoms with Gasteiger partial charge in [0.25, 0.3) is 0 Å². The highest BCUT2D eigenvalue weighted by Gasteiger charge is 2.20. The second-order valence-electron chi connectivity index (χ2n) is 3.33. The molecule has 1 aliphatic heterocycles. The largest absolute Gasteiger partial charge is 0.359 e. The molecule has 0 bridgehead atoms. The van der Waals surface area contributed by atoms with Crippen LogP contribution in [-0.2, 0) is 11.3 Å². The van der Waals surface area contributed by atoms with Gasteiger partial charge in [0.15, 0.2) is 0 Å². The minimum Gasteiger partial charge on any atom is -0.359 e. The summed E-state index contributed by atoms with van der Waals surface area (Å²) in [6.45, 7) is 3.89. The number of hydrogen-bond donors (Lipinski definition) is 1. The lowest BCUT2D eigenvalue weighted by Gasteiger charge is -2.12. The van der Waals surface area contributed by atoms with Crippen LogP contribution in [0.15, 0.2) is 24.3 Å². The van der Waals surface area contributed by atoms with Gasteiger partial charge in [-0.05, 0) is 17.5 Å². The summed E-state index contributed by atoms with van der Waals surface area (Å²) in [6, 6.07) is 8.42. The number of rotatable bonds is 3. The fourth-order valence-electron chi connectivity index (χ4n) is 1.65. The van der Waals surface area contributed by atoms with Crippen molar-refractivity contribution in [1.29, 1.82) is 0 Å². The first-order chi connectivity index (χ1) is 6.42. The molecule has 0 saturated carbocycles. The maximum atomic E-state index is 5.67. The van der Waals surface area contributed by atoms with Crippen molar-refractivity contribution in [1.82, 2.24) is 5.32 Å². The Morgan fingerprint density at radius 2 is 2.31 bits per heavy atom. The summed E-state index contributed by atoms with van der Waals surface area (Å²) in [4.78, 5) is 0. The molecule has 1 aromatic rings. The minimum atomic E-state index is 0.121. The van der Waals surface area contributed by atoms with Gasteiger partial charge in [0.05, 0.1) is 0 Å². The Bertz CT molecular complexity index is 285. The van der Waals surface area contributed by atoms with E-state index in [9.17, 15) is 0 Å². The molecule has 2 nitrogen and oxygen atoms in total. The van der Waals surface area contributed by atoms with Gasteiger partial charge in [-0.25, -0.2) is 0 Å². The van der Waals surface area contributed by atoms with Gasteiger partial charge in [-0.2, -0.15) is 0 Å². The van der Waals surface area contributed by atoms with Crippen molar-refractivity contribution < 1.29 is 4.74 Å². The van der Waals surface area contributed by atoms with Gasteiger partial charge in [-0.15, -0.1) is 0 Å². The van der Waals surface area contributed by atoms with E-state index in [1.165, 1.54) is 11.1 Å². The first-order valence-corrected chi connectivity index (χ1v) is 4.84. The van der Waals surface area contributed by atoms with Crippen molar-refractivity contribution in [2.75, 3.05) is 6.61 Å². The molecule has 1 aromatic carbocycles. The highest BCUT2D eigenvalue weighted by Crippen LogP contribution is 2.25. The van der Waals surface area contributed by atoms with E-state index in [4.69, 9.17) is 4.74 Å². The molecule has 0 amide bonds. The van der Waals surface area contributed by atoms with E-state index in [1.807, 2.05) is 0 Å². The van der Waals surface area contributed by atoms with E-state index < -0.39 is 0 Å². The van der Waals surface area contributed by atoms with E-state index in [-0.39, 0.29) is 6.23 Å².